The van der Waals surface area contributed by atoms with Crippen LogP contribution in [-0.2, 0) is 30.4 Å². The number of aliphatic hydroxyl groups excluding tert-OH is 1. The van der Waals surface area contributed by atoms with Crippen molar-refractivity contribution in [3.63, 3.8) is 0 Å². The maximum Gasteiger partial charge on any atom is 0.326 e. The van der Waals surface area contributed by atoms with Gasteiger partial charge in [0.1, 0.15) is 29.9 Å². The average Bonchev–Trinajstić information content (AvgIpc) is 2.92. The summed E-state index contributed by atoms with van der Waals surface area (Å²) in [6, 6.07) is -0.121. The molecule has 0 spiro atoms. The molecule has 0 fully saturated rings. The largest absolute Gasteiger partial charge is 0.508 e. The van der Waals surface area contributed by atoms with Gasteiger partial charge >= 0.3 is 5.97 Å². The van der Waals surface area contributed by atoms with Gasteiger partial charge in [-0.2, -0.15) is 0 Å². The van der Waals surface area contributed by atoms with E-state index in [1.54, 1.807) is 26.0 Å². The van der Waals surface area contributed by atoms with E-state index in [2.05, 4.69) is 26.3 Å². The summed E-state index contributed by atoms with van der Waals surface area (Å²) in [5, 5.41) is 38.6. The molecule has 13 N–H and O–H groups in total. The first-order valence-corrected chi connectivity index (χ1v) is 13.8. The molecule has 0 aliphatic rings. The van der Waals surface area contributed by atoms with E-state index in [9.17, 15) is 39.3 Å². The van der Waals surface area contributed by atoms with Crippen molar-refractivity contribution in [2.75, 3.05) is 13.2 Å². The van der Waals surface area contributed by atoms with Gasteiger partial charge < -0.3 is 53.8 Å². The highest BCUT2D eigenvalue weighted by Gasteiger charge is 2.31. The number of hydrogen-bond donors (Lipinski definition) is 10. The molecule has 43 heavy (non-hydrogen) atoms. The number of hydrogen-bond acceptors (Lipinski definition) is 9. The molecule has 16 nitrogen and oxygen atoms in total. The molecule has 1 rings (SSSR count). The molecule has 0 unspecified atom stereocenters. The molecular weight excluding hydrogens is 564 g/mol. The van der Waals surface area contributed by atoms with Gasteiger partial charge in [-0.15, -0.1) is 0 Å². The SMILES string of the molecule is CC(C)C[C@H](NC(=O)[C@H](Cc1ccc(O)cc1)NC(=O)[C@H](C)N)C(=O)N[C@@H](CO)C(=O)N[C@@H](CCCN=C(N)N)C(=O)O. The first-order valence-electron chi connectivity index (χ1n) is 13.8. The Balaban J connectivity index is 3.04. The monoisotopic (exact) mass is 608 g/mol. The number of rotatable bonds is 18. The molecule has 16 heteroatoms. The van der Waals surface area contributed by atoms with Crippen molar-refractivity contribution < 1.29 is 39.3 Å². The van der Waals surface area contributed by atoms with Crippen LogP contribution in [-0.4, -0.2) is 94.2 Å². The minimum absolute atomic E-state index is 0.0149. The fourth-order valence-corrected chi connectivity index (χ4v) is 3.86. The Kier molecular flexibility index (Phi) is 15.5. The Morgan fingerprint density at radius 3 is 1.84 bits per heavy atom. The lowest BCUT2D eigenvalue weighted by Crippen LogP contribution is -2.59. The van der Waals surface area contributed by atoms with Gasteiger partial charge in [0, 0.05) is 13.0 Å². The van der Waals surface area contributed by atoms with Gasteiger partial charge in [-0.25, -0.2) is 4.79 Å². The Labute approximate surface area is 249 Å². The number of aliphatic carboxylic acids is 1. The Bertz CT molecular complexity index is 1120. The van der Waals surface area contributed by atoms with Gasteiger partial charge in [0.05, 0.1) is 12.6 Å². The number of phenols is 1. The van der Waals surface area contributed by atoms with Crippen molar-refractivity contribution in [3.05, 3.63) is 29.8 Å². The van der Waals surface area contributed by atoms with E-state index in [0.29, 0.717) is 5.56 Å². The molecule has 0 radical (unpaired) electrons. The lowest BCUT2D eigenvalue weighted by atomic mass is 10.0. The number of carbonyl (C=O) groups excluding carboxylic acids is 4. The smallest absolute Gasteiger partial charge is 0.326 e. The van der Waals surface area contributed by atoms with Crippen molar-refractivity contribution in [1.29, 1.82) is 0 Å². The Hall–Kier alpha value is -4.44. The highest BCUT2D eigenvalue weighted by Crippen LogP contribution is 2.13. The summed E-state index contributed by atoms with van der Waals surface area (Å²) in [7, 11) is 0. The zero-order chi connectivity index (χ0) is 32.7. The fourth-order valence-electron chi connectivity index (χ4n) is 3.86. The second-order valence-electron chi connectivity index (χ2n) is 10.5. The van der Waals surface area contributed by atoms with E-state index >= 15 is 0 Å². The molecule has 4 amide bonds. The lowest BCUT2D eigenvalue weighted by Gasteiger charge is -2.26. The van der Waals surface area contributed by atoms with Gasteiger partial charge in [0.15, 0.2) is 5.96 Å². The number of guanidine groups is 1. The number of aromatic hydroxyl groups is 1. The topological polar surface area (TPSA) is 285 Å². The molecule has 0 saturated heterocycles. The number of nitrogens with two attached hydrogens (primary N) is 3. The number of benzene rings is 1. The van der Waals surface area contributed by atoms with Crippen molar-refractivity contribution in [2.24, 2.45) is 28.1 Å². The normalized spacial score (nSPS) is 14.4. The van der Waals surface area contributed by atoms with Gasteiger partial charge in [-0.05, 0) is 49.8 Å². The van der Waals surface area contributed by atoms with Crippen LogP contribution in [0.5, 0.6) is 5.75 Å². The number of amides is 4. The maximum absolute atomic E-state index is 13.3. The van der Waals surface area contributed by atoms with Crippen LogP contribution in [0.3, 0.4) is 0 Å². The summed E-state index contributed by atoms with van der Waals surface area (Å²) in [6.45, 7) is 4.33. The predicted molar refractivity (Wildman–Crippen MR) is 157 cm³/mol. The minimum Gasteiger partial charge on any atom is -0.508 e. The minimum atomic E-state index is -1.52. The molecule has 0 saturated carbocycles. The number of aliphatic hydroxyl groups is 1. The summed E-state index contributed by atoms with van der Waals surface area (Å²) < 4.78 is 0. The number of phenolic OH excluding ortho intramolecular Hbond substituents is 1. The number of nitrogens with one attached hydrogen (secondary N) is 4. The Morgan fingerprint density at radius 1 is 0.814 bits per heavy atom. The van der Waals surface area contributed by atoms with E-state index in [4.69, 9.17) is 17.2 Å². The second-order valence-corrected chi connectivity index (χ2v) is 10.5. The average molecular weight is 609 g/mol. The van der Waals surface area contributed by atoms with Crippen LogP contribution in [0, 0.1) is 5.92 Å². The number of carbonyl (C=O) groups is 5. The first-order chi connectivity index (χ1) is 20.1. The van der Waals surface area contributed by atoms with E-state index in [0.717, 1.165) is 0 Å². The van der Waals surface area contributed by atoms with E-state index < -0.39 is 66.4 Å². The highest BCUT2D eigenvalue weighted by atomic mass is 16.4. The van der Waals surface area contributed by atoms with Crippen LogP contribution >= 0.6 is 0 Å². The van der Waals surface area contributed by atoms with Crippen LogP contribution in [0.15, 0.2) is 29.3 Å². The number of carboxylic acids is 1. The third-order valence-corrected chi connectivity index (χ3v) is 6.14. The van der Waals surface area contributed by atoms with Crippen molar-refractivity contribution >= 4 is 35.6 Å². The molecule has 0 heterocycles. The molecule has 5 atom stereocenters. The third kappa shape index (κ3) is 13.8. The quantitative estimate of drug-likeness (QED) is 0.0468. The lowest BCUT2D eigenvalue weighted by molar-refractivity contribution is -0.142. The fraction of sp³-hybridized carbons (Fsp3) is 0.556. The van der Waals surface area contributed by atoms with Gasteiger partial charge in [-0.3, -0.25) is 24.2 Å². The molecule has 0 aliphatic heterocycles. The van der Waals surface area contributed by atoms with Gasteiger partial charge in [0.25, 0.3) is 0 Å². The first kappa shape index (κ1) is 36.6. The van der Waals surface area contributed by atoms with Gasteiger partial charge in [-0.1, -0.05) is 26.0 Å². The van der Waals surface area contributed by atoms with Crippen LogP contribution in [0.2, 0.25) is 0 Å². The van der Waals surface area contributed by atoms with Crippen LogP contribution in [0.25, 0.3) is 0 Å². The van der Waals surface area contributed by atoms with E-state index in [1.807, 2.05) is 0 Å². The summed E-state index contributed by atoms with van der Waals surface area (Å²) in [5.74, 6) is -4.66. The third-order valence-electron chi connectivity index (χ3n) is 6.14. The van der Waals surface area contributed by atoms with Crippen molar-refractivity contribution in [3.8, 4) is 5.75 Å². The zero-order valence-electron chi connectivity index (χ0n) is 24.6. The standard InChI is InChI=1S/C27H44N8O8/c1-14(2)11-19(34-24(40)20(33-22(38)15(3)28)12-16-6-8-17(37)9-7-16)23(39)35-21(13-36)25(41)32-18(26(42)43)5-4-10-31-27(29)30/h6-9,14-15,18-21,36-37H,4-5,10-13,28H2,1-3H3,(H,32,41)(H,33,38)(H,34,40)(H,35,39)(H,42,43)(H4,29,30,31)/t15-,18-,19-,20-,21-/m0/s1. The molecule has 1 aromatic rings. The molecule has 0 bridgehead atoms. The molecular formula is C27H44N8O8. The molecule has 1 aromatic carbocycles. The summed E-state index contributed by atoms with van der Waals surface area (Å²) in [4.78, 5) is 67.0. The Morgan fingerprint density at radius 2 is 1.33 bits per heavy atom. The van der Waals surface area contributed by atoms with Crippen molar-refractivity contribution in [2.45, 2.75) is 76.7 Å². The molecule has 0 aromatic heterocycles. The number of nitrogens with zero attached hydrogens (tertiary/aromatic N) is 1. The summed E-state index contributed by atoms with van der Waals surface area (Å²) >= 11 is 0. The van der Waals surface area contributed by atoms with Crippen LogP contribution < -0.4 is 38.5 Å². The maximum atomic E-state index is 13.3. The molecule has 0 aliphatic carbocycles. The second kappa shape index (κ2) is 18.2. The number of carboxylic acid groups (broad SMARTS) is 1. The summed E-state index contributed by atoms with van der Waals surface area (Å²) in [5.41, 5.74) is 16.7. The van der Waals surface area contributed by atoms with Crippen molar-refractivity contribution in [1.82, 2.24) is 21.3 Å². The summed E-state index contributed by atoms with van der Waals surface area (Å²) in [6.07, 6.45) is 0.360. The van der Waals surface area contributed by atoms with Gasteiger partial charge in [0.2, 0.25) is 23.6 Å². The van der Waals surface area contributed by atoms with E-state index in [1.165, 1.54) is 19.1 Å². The number of aliphatic imine (C=N–C) groups is 1. The highest BCUT2D eigenvalue weighted by molar-refractivity contribution is 5.95. The predicted octanol–water partition coefficient (Wildman–Crippen LogP) is -2.60. The molecule has 240 valence electrons. The zero-order valence-corrected chi connectivity index (χ0v) is 24.6. The van der Waals surface area contributed by atoms with Crippen LogP contribution in [0.4, 0.5) is 0 Å². The van der Waals surface area contributed by atoms with E-state index in [-0.39, 0.29) is 49.9 Å². The van der Waals surface area contributed by atoms with Crippen LogP contribution in [0.1, 0.15) is 45.6 Å².